The van der Waals surface area contributed by atoms with E-state index in [1.54, 1.807) is 0 Å². The zero-order valence-corrected chi connectivity index (χ0v) is 26.7. The van der Waals surface area contributed by atoms with Crippen LogP contribution in [0, 0.1) is 0 Å². The number of ether oxygens (including phenoxy) is 2. The lowest BCUT2D eigenvalue weighted by Crippen LogP contribution is -1.95. The van der Waals surface area contributed by atoms with Crippen molar-refractivity contribution in [1.29, 1.82) is 0 Å². The largest absolute Gasteiger partial charge is 0.489 e. The molecule has 0 unspecified atom stereocenters. The molecule has 0 saturated carbocycles. The number of hydrogen-bond donors (Lipinski definition) is 0. The molecule has 2 heteroatoms. The van der Waals surface area contributed by atoms with Crippen molar-refractivity contribution in [2.24, 2.45) is 0 Å². The van der Waals surface area contributed by atoms with E-state index in [9.17, 15) is 0 Å². The summed E-state index contributed by atoms with van der Waals surface area (Å²) in [5, 5.41) is 0. The summed E-state index contributed by atoms with van der Waals surface area (Å²) in [5.41, 5.74) is 9.58. The SMILES string of the molecule is C(=Cc1ccc(OCc2ccc(-c3ccccc3)cc2)cc1)CCCC=Cc1ccc(OCc2ccc(-c3ccccc3)cc2)cc1. The van der Waals surface area contributed by atoms with Gasteiger partial charge < -0.3 is 9.47 Å². The van der Waals surface area contributed by atoms with Crippen molar-refractivity contribution >= 4 is 12.2 Å². The van der Waals surface area contributed by atoms with Crippen LogP contribution in [0.3, 0.4) is 0 Å². The summed E-state index contributed by atoms with van der Waals surface area (Å²) in [5.74, 6) is 1.76. The summed E-state index contributed by atoms with van der Waals surface area (Å²) in [7, 11) is 0. The van der Waals surface area contributed by atoms with Crippen molar-refractivity contribution in [3.05, 3.63) is 192 Å². The van der Waals surface area contributed by atoms with E-state index in [0.717, 1.165) is 41.9 Å². The molecule has 0 fully saturated rings. The van der Waals surface area contributed by atoms with Gasteiger partial charge in [-0.1, -0.05) is 158 Å². The molecule has 0 amide bonds. The number of benzene rings is 6. The van der Waals surface area contributed by atoms with Crippen molar-refractivity contribution in [3.8, 4) is 33.8 Å². The predicted molar refractivity (Wildman–Crippen MR) is 197 cm³/mol. The average molecular weight is 613 g/mol. The molecule has 0 atom stereocenters. The van der Waals surface area contributed by atoms with E-state index in [1.165, 1.54) is 33.4 Å². The van der Waals surface area contributed by atoms with Gasteiger partial charge in [-0.2, -0.15) is 0 Å². The molecule has 0 radical (unpaired) electrons. The van der Waals surface area contributed by atoms with E-state index in [0.29, 0.717) is 13.2 Å². The standard InChI is InChI=1S/C45H40O2/c1(2-6-12-36-22-30-44(31-23-36)46-34-38-18-26-42(27-19-38)40-14-8-4-9-15-40)3-7-13-37-24-32-45(33-25-37)47-35-39-20-28-43(29-21-39)41-16-10-5-11-17-41/h4-33H,1-3,34-35H2. The molecule has 0 aliphatic rings. The van der Waals surface area contributed by atoms with Gasteiger partial charge in [-0.25, -0.2) is 0 Å². The quantitative estimate of drug-likeness (QED) is 0.114. The highest BCUT2D eigenvalue weighted by Crippen LogP contribution is 2.22. The molecule has 0 N–H and O–H groups in total. The normalized spacial score (nSPS) is 11.2. The fourth-order valence-electron chi connectivity index (χ4n) is 5.32. The fourth-order valence-corrected chi connectivity index (χ4v) is 5.32. The van der Waals surface area contributed by atoms with Gasteiger partial charge in [0.25, 0.3) is 0 Å². The first-order valence-electron chi connectivity index (χ1n) is 16.4. The second kappa shape index (κ2) is 16.6. The maximum absolute atomic E-state index is 6.01. The molecule has 2 nitrogen and oxygen atoms in total. The molecule has 0 saturated heterocycles. The molecule has 6 aromatic rings. The van der Waals surface area contributed by atoms with Gasteiger partial charge in [0.15, 0.2) is 0 Å². The van der Waals surface area contributed by atoms with Gasteiger partial charge in [-0.15, -0.1) is 0 Å². The summed E-state index contributed by atoms with van der Waals surface area (Å²) >= 11 is 0. The van der Waals surface area contributed by atoms with E-state index in [4.69, 9.17) is 9.47 Å². The van der Waals surface area contributed by atoms with Crippen LogP contribution in [0.2, 0.25) is 0 Å². The number of rotatable bonds is 14. The molecule has 0 aliphatic heterocycles. The van der Waals surface area contributed by atoms with Gasteiger partial charge >= 0.3 is 0 Å². The molecule has 0 heterocycles. The van der Waals surface area contributed by atoms with Crippen LogP contribution >= 0.6 is 0 Å². The van der Waals surface area contributed by atoms with Crippen LogP contribution in [0.1, 0.15) is 41.5 Å². The van der Waals surface area contributed by atoms with Crippen LogP contribution in [0.4, 0.5) is 0 Å². The molecule has 0 aliphatic carbocycles. The lowest BCUT2D eigenvalue weighted by atomic mass is 10.0. The summed E-state index contributed by atoms with van der Waals surface area (Å²) in [6.07, 6.45) is 12.1. The monoisotopic (exact) mass is 612 g/mol. The summed E-state index contributed by atoms with van der Waals surface area (Å²) in [4.78, 5) is 0. The molecule has 232 valence electrons. The Kier molecular flexibility index (Phi) is 11.1. The zero-order chi connectivity index (χ0) is 31.9. The van der Waals surface area contributed by atoms with E-state index >= 15 is 0 Å². The Morgan fingerprint density at radius 2 is 0.723 bits per heavy atom. The van der Waals surface area contributed by atoms with Crippen LogP contribution in [-0.4, -0.2) is 0 Å². The maximum Gasteiger partial charge on any atom is 0.119 e. The van der Waals surface area contributed by atoms with Crippen LogP contribution in [0.5, 0.6) is 11.5 Å². The van der Waals surface area contributed by atoms with E-state index < -0.39 is 0 Å². The summed E-state index contributed by atoms with van der Waals surface area (Å²) in [6.45, 7) is 1.11. The van der Waals surface area contributed by atoms with Gasteiger partial charge in [-0.05, 0) is 88.0 Å². The maximum atomic E-state index is 6.01. The highest BCUT2D eigenvalue weighted by atomic mass is 16.5. The highest BCUT2D eigenvalue weighted by molar-refractivity contribution is 5.64. The van der Waals surface area contributed by atoms with Crippen molar-refractivity contribution in [1.82, 2.24) is 0 Å². The molecule has 6 aromatic carbocycles. The second-order valence-corrected chi connectivity index (χ2v) is 11.6. The Morgan fingerprint density at radius 1 is 0.362 bits per heavy atom. The van der Waals surface area contributed by atoms with E-state index in [2.05, 4.69) is 146 Å². The third-order valence-electron chi connectivity index (χ3n) is 8.06. The van der Waals surface area contributed by atoms with E-state index in [-0.39, 0.29) is 0 Å². The molecule has 0 spiro atoms. The van der Waals surface area contributed by atoms with E-state index in [1.807, 2.05) is 36.4 Å². The van der Waals surface area contributed by atoms with Crippen molar-refractivity contribution in [2.45, 2.75) is 32.5 Å². The second-order valence-electron chi connectivity index (χ2n) is 11.6. The van der Waals surface area contributed by atoms with Crippen molar-refractivity contribution in [2.75, 3.05) is 0 Å². The Hall–Kier alpha value is -5.60. The number of hydrogen-bond acceptors (Lipinski definition) is 2. The minimum atomic E-state index is 0.556. The van der Waals surface area contributed by atoms with Gasteiger partial charge in [0.1, 0.15) is 24.7 Å². The van der Waals surface area contributed by atoms with Crippen LogP contribution in [-0.2, 0) is 13.2 Å². The minimum Gasteiger partial charge on any atom is -0.489 e. The summed E-state index contributed by atoms with van der Waals surface area (Å²) in [6, 6.07) is 54.6. The van der Waals surface area contributed by atoms with Crippen LogP contribution < -0.4 is 9.47 Å². The Morgan fingerprint density at radius 3 is 1.11 bits per heavy atom. The van der Waals surface area contributed by atoms with Crippen LogP contribution in [0.15, 0.2) is 170 Å². The first-order chi connectivity index (χ1) is 23.3. The lowest BCUT2D eigenvalue weighted by molar-refractivity contribution is 0.306. The van der Waals surface area contributed by atoms with Crippen molar-refractivity contribution in [3.63, 3.8) is 0 Å². The van der Waals surface area contributed by atoms with Gasteiger partial charge in [0.2, 0.25) is 0 Å². The summed E-state index contributed by atoms with van der Waals surface area (Å²) < 4.78 is 12.0. The topological polar surface area (TPSA) is 18.5 Å². The Balaban J connectivity index is 0.863. The van der Waals surface area contributed by atoms with Crippen LogP contribution in [0.25, 0.3) is 34.4 Å². The molecule has 6 rings (SSSR count). The lowest BCUT2D eigenvalue weighted by Gasteiger charge is -2.08. The number of unbranched alkanes of at least 4 members (excludes halogenated alkanes) is 2. The Bertz CT molecular complexity index is 1690. The van der Waals surface area contributed by atoms with Gasteiger partial charge in [0, 0.05) is 0 Å². The minimum absolute atomic E-state index is 0.556. The zero-order valence-electron chi connectivity index (χ0n) is 26.7. The Labute approximate surface area is 279 Å². The third kappa shape index (κ3) is 9.69. The number of allylic oxidation sites excluding steroid dienone is 2. The van der Waals surface area contributed by atoms with Gasteiger partial charge in [-0.3, -0.25) is 0 Å². The molecule has 0 aromatic heterocycles. The fraction of sp³-hybridized carbons (Fsp3) is 0.111. The van der Waals surface area contributed by atoms with Gasteiger partial charge in [0.05, 0.1) is 0 Å². The molecule has 0 bridgehead atoms. The molecular formula is C45H40O2. The molecule has 47 heavy (non-hydrogen) atoms. The third-order valence-corrected chi connectivity index (χ3v) is 8.06. The average Bonchev–Trinajstić information content (AvgIpc) is 3.15. The smallest absolute Gasteiger partial charge is 0.119 e. The first-order valence-corrected chi connectivity index (χ1v) is 16.4. The van der Waals surface area contributed by atoms with Crippen molar-refractivity contribution < 1.29 is 9.47 Å². The first kappa shape index (κ1) is 31.4. The highest BCUT2D eigenvalue weighted by Gasteiger charge is 2.01. The molecular weight excluding hydrogens is 572 g/mol. The predicted octanol–water partition coefficient (Wildman–Crippen LogP) is 12.1.